The molecular weight excluding hydrogens is 356 g/mol. The minimum atomic E-state index is -3.71. The Kier molecular flexibility index (Phi) is 6.73. The summed E-state index contributed by atoms with van der Waals surface area (Å²) in [4.78, 5) is 11.1. The molecule has 0 radical (unpaired) electrons. The first kappa shape index (κ1) is 19.9. The zero-order chi connectivity index (χ0) is 19.2. The number of carbonyl (C=O) groups excluding carboxylic acids is 1. The number of rotatable bonds is 8. The fraction of sp³-hybridized carbons (Fsp3) is 0.278. The Morgan fingerprint density at radius 1 is 1.12 bits per heavy atom. The lowest BCUT2D eigenvalue weighted by molar-refractivity contribution is -0.114. The van der Waals surface area contributed by atoms with Crippen LogP contribution in [-0.4, -0.2) is 35.1 Å². The molecule has 140 valence electrons. The highest BCUT2D eigenvalue weighted by atomic mass is 32.2. The Morgan fingerprint density at radius 3 is 2.38 bits per heavy atom. The Bertz CT molecular complexity index is 850. The van der Waals surface area contributed by atoms with E-state index in [1.807, 2.05) is 12.1 Å². The largest absolute Gasteiger partial charge is 0.497 e. The van der Waals surface area contributed by atoms with Gasteiger partial charge >= 0.3 is 0 Å². The van der Waals surface area contributed by atoms with E-state index in [9.17, 15) is 13.2 Å². The van der Waals surface area contributed by atoms with E-state index in [1.54, 1.807) is 19.2 Å². The molecule has 1 amide bonds. The fourth-order valence-corrected chi connectivity index (χ4v) is 3.40. The second-order valence-corrected chi connectivity index (χ2v) is 7.33. The molecule has 0 aliphatic rings. The zero-order valence-electron chi connectivity index (χ0n) is 14.9. The Balaban J connectivity index is 2.09. The lowest BCUT2D eigenvalue weighted by Crippen LogP contribution is -2.29. The quantitative estimate of drug-likeness (QED) is 0.735. The van der Waals surface area contributed by atoms with Gasteiger partial charge in [0.05, 0.1) is 18.1 Å². The lowest BCUT2D eigenvalue weighted by atomic mass is 10.1. The van der Waals surface area contributed by atoms with Crippen molar-refractivity contribution >= 4 is 21.6 Å². The average molecular weight is 378 g/mol. The van der Waals surface area contributed by atoms with Gasteiger partial charge in [-0.3, -0.25) is 4.79 Å². The SMILES string of the molecule is COc1cccc(C(CNS(=O)(=O)c2ccc(NC(C)=O)cc2)OC)c1. The first-order valence-corrected chi connectivity index (χ1v) is 9.38. The molecule has 1 unspecified atom stereocenters. The number of ether oxygens (including phenoxy) is 2. The minimum absolute atomic E-state index is 0.0689. The van der Waals surface area contributed by atoms with Crippen LogP contribution >= 0.6 is 0 Å². The lowest BCUT2D eigenvalue weighted by Gasteiger charge is -2.17. The summed E-state index contributed by atoms with van der Waals surface area (Å²) < 4.78 is 38.0. The summed E-state index contributed by atoms with van der Waals surface area (Å²) >= 11 is 0. The molecule has 2 rings (SSSR count). The van der Waals surface area contributed by atoms with E-state index in [1.165, 1.54) is 38.3 Å². The van der Waals surface area contributed by atoms with E-state index in [0.29, 0.717) is 11.4 Å². The van der Waals surface area contributed by atoms with Gasteiger partial charge in [-0.25, -0.2) is 13.1 Å². The fourth-order valence-electron chi connectivity index (χ4n) is 2.37. The highest BCUT2D eigenvalue weighted by Crippen LogP contribution is 2.22. The summed E-state index contributed by atoms with van der Waals surface area (Å²) in [6.45, 7) is 1.45. The Morgan fingerprint density at radius 2 is 1.81 bits per heavy atom. The Labute approximate surface area is 153 Å². The van der Waals surface area contributed by atoms with Gasteiger partial charge in [0.15, 0.2) is 0 Å². The molecular formula is C18H22N2O5S. The van der Waals surface area contributed by atoms with Crippen LogP contribution in [0.4, 0.5) is 5.69 Å². The topological polar surface area (TPSA) is 93.7 Å². The molecule has 2 N–H and O–H groups in total. The van der Waals surface area contributed by atoms with Crippen molar-refractivity contribution in [2.75, 3.05) is 26.1 Å². The number of amides is 1. The average Bonchev–Trinajstić information content (AvgIpc) is 2.62. The van der Waals surface area contributed by atoms with Crippen LogP contribution in [0.2, 0.25) is 0 Å². The van der Waals surface area contributed by atoms with Gasteiger partial charge in [-0.2, -0.15) is 0 Å². The number of carbonyl (C=O) groups is 1. The Hall–Kier alpha value is -2.42. The maximum atomic E-state index is 12.5. The van der Waals surface area contributed by atoms with Crippen molar-refractivity contribution in [1.29, 1.82) is 0 Å². The number of nitrogens with one attached hydrogen (secondary N) is 2. The highest BCUT2D eigenvalue weighted by Gasteiger charge is 2.18. The third-order valence-corrected chi connectivity index (χ3v) is 5.13. The summed E-state index contributed by atoms with van der Waals surface area (Å²) in [6.07, 6.45) is -0.460. The third-order valence-electron chi connectivity index (χ3n) is 3.69. The number of benzene rings is 2. The standard InChI is InChI=1S/C18H22N2O5S/c1-13(21)20-15-7-9-17(10-8-15)26(22,23)19-12-18(25-3)14-5-4-6-16(11-14)24-2/h4-11,18-19H,12H2,1-3H3,(H,20,21). The first-order valence-electron chi connectivity index (χ1n) is 7.90. The van der Waals surface area contributed by atoms with Crippen molar-refractivity contribution in [3.05, 3.63) is 54.1 Å². The summed E-state index contributed by atoms with van der Waals surface area (Å²) in [6, 6.07) is 13.2. The zero-order valence-corrected chi connectivity index (χ0v) is 15.7. The van der Waals surface area contributed by atoms with Crippen molar-refractivity contribution in [3.8, 4) is 5.75 Å². The molecule has 2 aromatic carbocycles. The van der Waals surface area contributed by atoms with Gasteiger partial charge in [-0.1, -0.05) is 12.1 Å². The molecule has 0 fully saturated rings. The number of sulfonamides is 1. The van der Waals surface area contributed by atoms with E-state index < -0.39 is 16.1 Å². The monoisotopic (exact) mass is 378 g/mol. The molecule has 1 atom stereocenters. The van der Waals surface area contributed by atoms with Gasteiger partial charge < -0.3 is 14.8 Å². The van der Waals surface area contributed by atoms with Crippen LogP contribution in [0.15, 0.2) is 53.4 Å². The summed E-state index contributed by atoms with van der Waals surface area (Å²) in [5, 5.41) is 2.59. The number of anilines is 1. The molecule has 0 bridgehead atoms. The van der Waals surface area contributed by atoms with Gasteiger partial charge in [0, 0.05) is 26.3 Å². The van der Waals surface area contributed by atoms with Gasteiger partial charge in [0.25, 0.3) is 0 Å². The molecule has 0 spiro atoms. The minimum Gasteiger partial charge on any atom is -0.497 e. The maximum absolute atomic E-state index is 12.5. The molecule has 0 aromatic heterocycles. The van der Waals surface area contributed by atoms with Crippen LogP contribution in [0.3, 0.4) is 0 Å². The number of methoxy groups -OCH3 is 2. The third kappa shape index (κ3) is 5.29. The second-order valence-electron chi connectivity index (χ2n) is 5.56. The van der Waals surface area contributed by atoms with Gasteiger partial charge in [-0.05, 0) is 42.0 Å². The van der Waals surface area contributed by atoms with Gasteiger partial charge in [-0.15, -0.1) is 0 Å². The summed E-state index contributed by atoms with van der Waals surface area (Å²) in [5.41, 5.74) is 1.33. The van der Waals surface area contributed by atoms with Gasteiger partial charge in [0.2, 0.25) is 15.9 Å². The van der Waals surface area contributed by atoms with E-state index in [-0.39, 0.29) is 17.3 Å². The van der Waals surface area contributed by atoms with Crippen molar-refractivity contribution in [2.24, 2.45) is 0 Å². The number of hydrogen-bond donors (Lipinski definition) is 2. The molecule has 0 saturated heterocycles. The van der Waals surface area contributed by atoms with Crippen LogP contribution in [-0.2, 0) is 19.6 Å². The first-order chi connectivity index (χ1) is 12.4. The van der Waals surface area contributed by atoms with Crippen LogP contribution in [0.1, 0.15) is 18.6 Å². The molecule has 2 aromatic rings. The molecule has 0 heterocycles. The predicted octanol–water partition coefficient (Wildman–Crippen LogP) is 2.32. The molecule has 0 aliphatic heterocycles. The van der Waals surface area contributed by atoms with Crippen LogP contribution < -0.4 is 14.8 Å². The molecule has 0 saturated carbocycles. The summed E-state index contributed by atoms with van der Waals surface area (Å²) in [5.74, 6) is 0.445. The van der Waals surface area contributed by atoms with Crippen LogP contribution in [0, 0.1) is 0 Å². The highest BCUT2D eigenvalue weighted by molar-refractivity contribution is 7.89. The smallest absolute Gasteiger partial charge is 0.240 e. The van der Waals surface area contributed by atoms with E-state index >= 15 is 0 Å². The normalized spacial score (nSPS) is 12.4. The van der Waals surface area contributed by atoms with Crippen LogP contribution in [0.5, 0.6) is 5.75 Å². The van der Waals surface area contributed by atoms with Gasteiger partial charge in [0.1, 0.15) is 5.75 Å². The van der Waals surface area contributed by atoms with E-state index in [2.05, 4.69) is 10.0 Å². The van der Waals surface area contributed by atoms with Crippen molar-refractivity contribution in [2.45, 2.75) is 17.9 Å². The van der Waals surface area contributed by atoms with Crippen molar-refractivity contribution in [3.63, 3.8) is 0 Å². The van der Waals surface area contributed by atoms with Crippen LogP contribution in [0.25, 0.3) is 0 Å². The molecule has 0 aliphatic carbocycles. The molecule has 26 heavy (non-hydrogen) atoms. The predicted molar refractivity (Wildman–Crippen MR) is 98.7 cm³/mol. The van der Waals surface area contributed by atoms with E-state index in [0.717, 1.165) is 5.56 Å². The van der Waals surface area contributed by atoms with Crippen molar-refractivity contribution in [1.82, 2.24) is 4.72 Å². The summed E-state index contributed by atoms with van der Waals surface area (Å²) in [7, 11) is -0.630. The maximum Gasteiger partial charge on any atom is 0.240 e. The number of hydrogen-bond acceptors (Lipinski definition) is 5. The molecule has 7 nitrogen and oxygen atoms in total. The van der Waals surface area contributed by atoms with E-state index in [4.69, 9.17) is 9.47 Å². The molecule has 8 heteroatoms. The van der Waals surface area contributed by atoms with Crippen molar-refractivity contribution < 1.29 is 22.7 Å². The second kappa shape index (κ2) is 8.79.